The fraction of sp³-hybridized carbons (Fsp3) is 0.679. The number of hydrogen-bond acceptors (Lipinski definition) is 0. The smallest absolute Gasteiger partial charge is 0.196 e. The summed E-state index contributed by atoms with van der Waals surface area (Å²) >= 11 is 0. The number of nitrogens with zero attached hydrogens (tertiary/aromatic N) is 1. The molecule has 0 saturated heterocycles. The summed E-state index contributed by atoms with van der Waals surface area (Å²) in [6.45, 7) is 5.69. The quantitative estimate of drug-likeness (QED) is 0.186. The monoisotopic (exact) mass is 396 g/mol. The van der Waals surface area contributed by atoms with E-state index in [0.717, 1.165) is 6.54 Å². The van der Waals surface area contributed by atoms with E-state index < -0.39 is 0 Å². The summed E-state index contributed by atoms with van der Waals surface area (Å²) in [5, 5.41) is 1.36. The number of aryl methyl sites for hydroxylation is 2. The second-order valence-corrected chi connectivity index (χ2v) is 8.99. The van der Waals surface area contributed by atoms with Crippen LogP contribution in [0.4, 0.5) is 0 Å². The zero-order valence-electron chi connectivity index (χ0n) is 19.4. The van der Waals surface area contributed by atoms with E-state index in [4.69, 9.17) is 0 Å². The lowest BCUT2D eigenvalue weighted by Crippen LogP contribution is -2.37. The number of hydrogen-bond donors (Lipinski definition) is 0. The molecular weight excluding hydrogens is 350 g/mol. The first-order chi connectivity index (χ1) is 14.3. The fourth-order valence-electron chi connectivity index (χ4n) is 4.48. The molecule has 0 unspecified atom stereocenters. The van der Waals surface area contributed by atoms with Gasteiger partial charge in [-0.15, -0.1) is 0 Å². The Kier molecular flexibility index (Phi) is 12.7. The molecule has 1 heteroatoms. The van der Waals surface area contributed by atoms with Gasteiger partial charge < -0.3 is 0 Å². The first-order valence-corrected chi connectivity index (χ1v) is 12.7. The third-order valence-electron chi connectivity index (χ3n) is 6.39. The Hall–Kier alpha value is -1.37. The van der Waals surface area contributed by atoms with E-state index in [1.165, 1.54) is 119 Å². The number of para-hydroxylation sites is 1. The van der Waals surface area contributed by atoms with Crippen LogP contribution in [0.2, 0.25) is 0 Å². The summed E-state index contributed by atoms with van der Waals surface area (Å²) in [5.41, 5.74) is 2.76. The van der Waals surface area contributed by atoms with Gasteiger partial charge in [0.15, 0.2) is 5.69 Å². The normalized spacial score (nSPS) is 11.4. The molecule has 0 radical (unpaired) electrons. The highest BCUT2D eigenvalue weighted by atomic mass is 15.0. The Bertz CT molecular complexity index is 660. The van der Waals surface area contributed by atoms with Crippen molar-refractivity contribution in [2.24, 2.45) is 0 Å². The molecule has 1 aromatic carbocycles. The van der Waals surface area contributed by atoms with E-state index in [1.807, 2.05) is 0 Å². The van der Waals surface area contributed by atoms with Gasteiger partial charge >= 0.3 is 0 Å². The van der Waals surface area contributed by atoms with Crippen LogP contribution in [0, 0.1) is 6.92 Å². The molecular formula is C28H46N+. The van der Waals surface area contributed by atoms with Crippen LogP contribution >= 0.6 is 0 Å². The lowest BCUT2D eigenvalue weighted by Gasteiger charge is -2.05. The van der Waals surface area contributed by atoms with Gasteiger partial charge in [0.1, 0.15) is 6.54 Å². The van der Waals surface area contributed by atoms with E-state index in [9.17, 15) is 0 Å². The maximum absolute atomic E-state index is 2.50. The van der Waals surface area contributed by atoms with Crippen molar-refractivity contribution in [3.63, 3.8) is 0 Å². The minimum Gasteiger partial charge on any atom is -0.196 e. The third kappa shape index (κ3) is 9.79. The van der Waals surface area contributed by atoms with Gasteiger partial charge in [-0.05, 0) is 18.6 Å². The Morgan fingerprint density at radius 1 is 0.552 bits per heavy atom. The van der Waals surface area contributed by atoms with Crippen molar-refractivity contribution in [1.82, 2.24) is 0 Å². The van der Waals surface area contributed by atoms with Gasteiger partial charge in [-0.2, -0.15) is 4.57 Å². The zero-order valence-corrected chi connectivity index (χ0v) is 19.4. The molecule has 0 atom stereocenters. The van der Waals surface area contributed by atoms with Crippen molar-refractivity contribution >= 4 is 10.9 Å². The first-order valence-electron chi connectivity index (χ1n) is 12.7. The summed E-state index contributed by atoms with van der Waals surface area (Å²) in [7, 11) is 0. The molecule has 0 aliphatic carbocycles. The standard InChI is InChI=1S/C28H46N/c1-3-4-5-6-7-8-9-10-11-12-13-14-15-16-17-20-25-29-26(2)23-24-27-21-18-19-22-28(27)29/h18-19,21-24H,3-17,20,25H2,1-2H3/q+1. The highest BCUT2D eigenvalue weighted by molar-refractivity contribution is 5.75. The van der Waals surface area contributed by atoms with Gasteiger partial charge in [0, 0.05) is 30.9 Å². The minimum absolute atomic E-state index is 1.16. The van der Waals surface area contributed by atoms with E-state index in [2.05, 4.69) is 54.8 Å². The number of unbranched alkanes of at least 4 members (excludes halogenated alkanes) is 15. The molecule has 0 spiro atoms. The maximum atomic E-state index is 2.50. The Morgan fingerprint density at radius 2 is 1.03 bits per heavy atom. The SMILES string of the molecule is CCCCCCCCCCCCCCCCCC[n+]1c(C)ccc2ccccc21. The Morgan fingerprint density at radius 3 is 1.59 bits per heavy atom. The Balaban J connectivity index is 1.42. The summed E-state index contributed by atoms with van der Waals surface area (Å²) in [5.74, 6) is 0. The van der Waals surface area contributed by atoms with Crippen LogP contribution in [0.5, 0.6) is 0 Å². The second-order valence-electron chi connectivity index (χ2n) is 8.99. The maximum Gasteiger partial charge on any atom is 0.212 e. The van der Waals surface area contributed by atoms with Crippen molar-refractivity contribution in [2.75, 3.05) is 0 Å². The highest BCUT2D eigenvalue weighted by Crippen LogP contribution is 2.14. The zero-order chi connectivity index (χ0) is 20.6. The van der Waals surface area contributed by atoms with E-state index in [0.29, 0.717) is 0 Å². The predicted molar refractivity (Wildman–Crippen MR) is 128 cm³/mol. The molecule has 29 heavy (non-hydrogen) atoms. The number of rotatable bonds is 17. The number of aromatic nitrogens is 1. The fourth-order valence-corrected chi connectivity index (χ4v) is 4.48. The van der Waals surface area contributed by atoms with Gasteiger partial charge in [0.25, 0.3) is 0 Å². The first kappa shape index (κ1) is 23.9. The van der Waals surface area contributed by atoms with E-state index in [-0.39, 0.29) is 0 Å². The van der Waals surface area contributed by atoms with Crippen LogP contribution in [0.3, 0.4) is 0 Å². The molecule has 2 rings (SSSR count). The van der Waals surface area contributed by atoms with Crippen LogP contribution in [0.1, 0.15) is 115 Å². The highest BCUT2D eigenvalue weighted by Gasteiger charge is 2.11. The summed E-state index contributed by atoms with van der Waals surface area (Å²) in [4.78, 5) is 0. The minimum atomic E-state index is 1.16. The Labute approximate surface area is 180 Å². The molecule has 0 fully saturated rings. The molecule has 2 aromatic rings. The van der Waals surface area contributed by atoms with Gasteiger partial charge in [-0.25, -0.2) is 0 Å². The third-order valence-corrected chi connectivity index (χ3v) is 6.39. The number of benzene rings is 1. The average molecular weight is 397 g/mol. The summed E-state index contributed by atoms with van der Waals surface area (Å²) in [6.07, 6.45) is 22.9. The lowest BCUT2D eigenvalue weighted by molar-refractivity contribution is -0.677. The number of fused-ring (bicyclic) bond motifs is 1. The van der Waals surface area contributed by atoms with Crippen LogP contribution in [0.25, 0.3) is 10.9 Å². The molecule has 0 bridgehead atoms. The van der Waals surface area contributed by atoms with E-state index >= 15 is 0 Å². The molecule has 1 heterocycles. The molecule has 1 aromatic heterocycles. The van der Waals surface area contributed by atoms with Crippen molar-refractivity contribution < 1.29 is 4.57 Å². The van der Waals surface area contributed by atoms with Crippen molar-refractivity contribution in [1.29, 1.82) is 0 Å². The van der Waals surface area contributed by atoms with Gasteiger partial charge in [0.2, 0.25) is 5.52 Å². The van der Waals surface area contributed by atoms with Crippen LogP contribution < -0.4 is 4.57 Å². The second kappa shape index (κ2) is 15.5. The molecule has 1 nitrogen and oxygen atoms in total. The van der Waals surface area contributed by atoms with Gasteiger partial charge in [-0.1, -0.05) is 109 Å². The summed E-state index contributed by atoms with van der Waals surface area (Å²) < 4.78 is 2.50. The van der Waals surface area contributed by atoms with E-state index in [1.54, 1.807) is 0 Å². The molecule has 0 saturated carbocycles. The van der Waals surface area contributed by atoms with Gasteiger partial charge in [-0.3, -0.25) is 0 Å². The lowest BCUT2D eigenvalue weighted by atomic mass is 10.0. The van der Waals surface area contributed by atoms with Crippen LogP contribution in [0.15, 0.2) is 36.4 Å². The molecule has 0 aliphatic rings. The molecule has 0 aliphatic heterocycles. The largest absolute Gasteiger partial charge is 0.212 e. The average Bonchev–Trinajstić information content (AvgIpc) is 2.74. The summed E-state index contributed by atoms with van der Waals surface area (Å²) in [6, 6.07) is 13.3. The van der Waals surface area contributed by atoms with Crippen molar-refractivity contribution in [3.8, 4) is 0 Å². The number of pyridine rings is 1. The van der Waals surface area contributed by atoms with Crippen LogP contribution in [-0.2, 0) is 6.54 Å². The van der Waals surface area contributed by atoms with Gasteiger partial charge in [0.05, 0.1) is 0 Å². The van der Waals surface area contributed by atoms with Crippen molar-refractivity contribution in [2.45, 2.75) is 123 Å². The van der Waals surface area contributed by atoms with Crippen molar-refractivity contribution in [3.05, 3.63) is 42.1 Å². The topological polar surface area (TPSA) is 3.88 Å². The molecule has 0 amide bonds. The van der Waals surface area contributed by atoms with Crippen LogP contribution in [-0.4, -0.2) is 0 Å². The molecule has 0 N–H and O–H groups in total. The molecule has 162 valence electrons. The predicted octanol–water partition coefficient (Wildman–Crippen LogP) is 8.70.